The van der Waals surface area contributed by atoms with Gasteiger partial charge in [0.25, 0.3) is 5.91 Å². The van der Waals surface area contributed by atoms with Crippen molar-refractivity contribution >= 4 is 17.3 Å². The first kappa shape index (κ1) is 12.1. The van der Waals surface area contributed by atoms with Crippen LogP contribution in [-0.4, -0.2) is 19.0 Å². The number of anilines is 2. The fraction of sp³-hybridized carbons (Fsp3) is 0.250. The van der Waals surface area contributed by atoms with E-state index in [2.05, 4.69) is 17.2 Å². The topological polar surface area (TPSA) is 67.1 Å². The summed E-state index contributed by atoms with van der Waals surface area (Å²) in [7, 11) is 0. The minimum absolute atomic E-state index is 0.103. The summed E-state index contributed by atoms with van der Waals surface area (Å²) in [5.41, 5.74) is 7.62. The first-order valence-electron chi connectivity index (χ1n) is 5.21. The van der Waals surface area contributed by atoms with Gasteiger partial charge in [-0.2, -0.15) is 0 Å². The first-order valence-corrected chi connectivity index (χ1v) is 5.21. The van der Waals surface area contributed by atoms with Gasteiger partial charge in [-0.25, -0.2) is 0 Å². The van der Waals surface area contributed by atoms with Crippen LogP contribution >= 0.6 is 0 Å². The number of nitrogens with one attached hydrogen (secondary N) is 2. The number of nitrogens with two attached hydrogens (primary N) is 1. The summed E-state index contributed by atoms with van der Waals surface area (Å²) in [6.07, 6.45) is 1.73. The van der Waals surface area contributed by atoms with Gasteiger partial charge in [-0.05, 0) is 25.1 Å². The lowest BCUT2D eigenvalue weighted by atomic mass is 10.1. The van der Waals surface area contributed by atoms with E-state index < -0.39 is 0 Å². The molecule has 4 nitrogen and oxygen atoms in total. The third-order valence-corrected chi connectivity index (χ3v) is 2.06. The van der Waals surface area contributed by atoms with E-state index >= 15 is 0 Å². The van der Waals surface area contributed by atoms with Crippen LogP contribution in [-0.2, 0) is 0 Å². The minimum Gasteiger partial charge on any atom is -0.399 e. The highest BCUT2D eigenvalue weighted by molar-refractivity contribution is 6.00. The monoisotopic (exact) mass is 219 g/mol. The molecular weight excluding hydrogens is 202 g/mol. The standard InChI is InChI=1S/C12H17N3O/c1-3-7-15-11-8-9(13)5-6-10(11)12(16)14-4-2/h3,5-6,8,15H,1,4,7,13H2,2H3,(H,14,16). The number of hydrogen-bond acceptors (Lipinski definition) is 3. The highest BCUT2D eigenvalue weighted by atomic mass is 16.1. The molecule has 4 N–H and O–H groups in total. The zero-order valence-electron chi connectivity index (χ0n) is 9.42. The summed E-state index contributed by atoms with van der Waals surface area (Å²) in [6.45, 7) is 6.69. The van der Waals surface area contributed by atoms with Gasteiger partial charge in [0.1, 0.15) is 0 Å². The van der Waals surface area contributed by atoms with Crippen LogP contribution in [0.4, 0.5) is 11.4 Å². The van der Waals surface area contributed by atoms with Gasteiger partial charge < -0.3 is 16.4 Å². The van der Waals surface area contributed by atoms with E-state index in [0.29, 0.717) is 24.3 Å². The Kier molecular flexibility index (Phi) is 4.39. The number of amides is 1. The smallest absolute Gasteiger partial charge is 0.253 e. The van der Waals surface area contributed by atoms with Crippen LogP contribution in [0.3, 0.4) is 0 Å². The molecule has 0 bridgehead atoms. The van der Waals surface area contributed by atoms with Crippen LogP contribution in [0, 0.1) is 0 Å². The third kappa shape index (κ3) is 3.02. The molecule has 0 radical (unpaired) electrons. The fourth-order valence-electron chi connectivity index (χ4n) is 1.34. The maximum atomic E-state index is 11.7. The summed E-state index contributed by atoms with van der Waals surface area (Å²) >= 11 is 0. The summed E-state index contributed by atoms with van der Waals surface area (Å²) in [5, 5.41) is 5.84. The van der Waals surface area contributed by atoms with Gasteiger partial charge >= 0.3 is 0 Å². The average Bonchev–Trinajstić information content (AvgIpc) is 2.26. The minimum atomic E-state index is -0.103. The van der Waals surface area contributed by atoms with Gasteiger partial charge in [0.2, 0.25) is 0 Å². The van der Waals surface area contributed by atoms with Crippen molar-refractivity contribution < 1.29 is 4.79 Å². The quantitative estimate of drug-likeness (QED) is 0.520. The molecule has 0 aliphatic rings. The van der Waals surface area contributed by atoms with Crippen molar-refractivity contribution in [1.29, 1.82) is 0 Å². The van der Waals surface area contributed by atoms with Crippen LogP contribution in [0.15, 0.2) is 30.9 Å². The van der Waals surface area contributed by atoms with E-state index in [1.54, 1.807) is 24.3 Å². The van der Waals surface area contributed by atoms with Crippen molar-refractivity contribution in [3.05, 3.63) is 36.4 Å². The third-order valence-electron chi connectivity index (χ3n) is 2.06. The fourth-order valence-corrected chi connectivity index (χ4v) is 1.34. The Labute approximate surface area is 95.5 Å². The van der Waals surface area contributed by atoms with Crippen molar-refractivity contribution in [3.63, 3.8) is 0 Å². The lowest BCUT2D eigenvalue weighted by molar-refractivity contribution is 0.0956. The molecule has 0 aromatic heterocycles. The molecule has 0 saturated heterocycles. The largest absolute Gasteiger partial charge is 0.399 e. The normalized spacial score (nSPS) is 9.56. The SMILES string of the molecule is C=CCNc1cc(N)ccc1C(=O)NCC. The van der Waals surface area contributed by atoms with Crippen molar-refractivity contribution in [2.75, 3.05) is 24.1 Å². The number of carbonyl (C=O) groups excluding carboxylic acids is 1. The van der Waals surface area contributed by atoms with E-state index in [1.807, 2.05) is 6.92 Å². The summed E-state index contributed by atoms with van der Waals surface area (Å²) in [4.78, 5) is 11.7. The maximum absolute atomic E-state index is 11.7. The highest BCUT2D eigenvalue weighted by Crippen LogP contribution is 2.19. The predicted octanol–water partition coefficient (Wildman–Crippen LogP) is 1.62. The van der Waals surface area contributed by atoms with Crippen LogP contribution in [0.25, 0.3) is 0 Å². The van der Waals surface area contributed by atoms with E-state index in [1.165, 1.54) is 0 Å². The lowest BCUT2D eigenvalue weighted by Gasteiger charge is -2.11. The molecule has 0 unspecified atom stereocenters. The predicted molar refractivity (Wildman–Crippen MR) is 67.5 cm³/mol. The second-order valence-corrected chi connectivity index (χ2v) is 3.33. The molecule has 1 amide bonds. The Bertz CT molecular complexity index is 388. The molecule has 16 heavy (non-hydrogen) atoms. The van der Waals surface area contributed by atoms with Crippen LogP contribution < -0.4 is 16.4 Å². The van der Waals surface area contributed by atoms with Crippen LogP contribution in [0.2, 0.25) is 0 Å². The summed E-state index contributed by atoms with van der Waals surface area (Å²) in [6, 6.07) is 5.17. The molecule has 0 aliphatic heterocycles. The molecular formula is C12H17N3O. The molecule has 0 atom stereocenters. The van der Waals surface area contributed by atoms with E-state index in [-0.39, 0.29) is 5.91 Å². The zero-order chi connectivity index (χ0) is 12.0. The molecule has 1 rings (SSSR count). The molecule has 1 aromatic rings. The molecule has 0 aliphatic carbocycles. The van der Waals surface area contributed by atoms with Crippen molar-refractivity contribution in [3.8, 4) is 0 Å². The van der Waals surface area contributed by atoms with Gasteiger partial charge in [-0.3, -0.25) is 4.79 Å². The van der Waals surface area contributed by atoms with Crippen molar-refractivity contribution in [2.24, 2.45) is 0 Å². The van der Waals surface area contributed by atoms with E-state index in [9.17, 15) is 4.79 Å². The molecule has 0 spiro atoms. The van der Waals surface area contributed by atoms with Gasteiger partial charge in [0.05, 0.1) is 5.56 Å². The van der Waals surface area contributed by atoms with Gasteiger partial charge in [-0.15, -0.1) is 6.58 Å². The summed E-state index contributed by atoms with van der Waals surface area (Å²) in [5.74, 6) is -0.103. The Morgan fingerprint density at radius 3 is 2.94 bits per heavy atom. The lowest BCUT2D eigenvalue weighted by Crippen LogP contribution is -2.24. The Balaban J connectivity index is 2.96. The first-order chi connectivity index (χ1) is 7.69. The van der Waals surface area contributed by atoms with Gasteiger partial charge in [0.15, 0.2) is 0 Å². The molecule has 86 valence electrons. The zero-order valence-corrected chi connectivity index (χ0v) is 9.42. The number of benzene rings is 1. The second-order valence-electron chi connectivity index (χ2n) is 3.33. The Hall–Kier alpha value is -1.97. The molecule has 1 aromatic carbocycles. The molecule has 4 heteroatoms. The van der Waals surface area contributed by atoms with E-state index in [0.717, 1.165) is 5.69 Å². The van der Waals surface area contributed by atoms with Crippen molar-refractivity contribution in [1.82, 2.24) is 5.32 Å². The maximum Gasteiger partial charge on any atom is 0.253 e. The summed E-state index contributed by atoms with van der Waals surface area (Å²) < 4.78 is 0. The van der Waals surface area contributed by atoms with Gasteiger partial charge in [-0.1, -0.05) is 6.08 Å². The van der Waals surface area contributed by atoms with Crippen LogP contribution in [0.5, 0.6) is 0 Å². The Morgan fingerprint density at radius 1 is 1.56 bits per heavy atom. The second kappa shape index (κ2) is 5.80. The average molecular weight is 219 g/mol. The number of rotatable bonds is 5. The molecule has 0 fully saturated rings. The number of hydrogen-bond donors (Lipinski definition) is 3. The van der Waals surface area contributed by atoms with Crippen molar-refractivity contribution in [2.45, 2.75) is 6.92 Å². The van der Waals surface area contributed by atoms with Crippen LogP contribution in [0.1, 0.15) is 17.3 Å². The van der Waals surface area contributed by atoms with E-state index in [4.69, 9.17) is 5.73 Å². The highest BCUT2D eigenvalue weighted by Gasteiger charge is 2.09. The molecule has 0 saturated carbocycles. The number of carbonyl (C=O) groups is 1. The Morgan fingerprint density at radius 2 is 2.31 bits per heavy atom. The number of nitrogen functional groups attached to an aromatic ring is 1. The molecule has 0 heterocycles. The van der Waals surface area contributed by atoms with Gasteiger partial charge in [0, 0.05) is 24.5 Å².